The molecule has 15 heavy (non-hydrogen) atoms. The number of nitrogens with zero attached hydrogens (tertiary/aromatic N) is 1. The molecule has 0 fully saturated rings. The van der Waals surface area contributed by atoms with Gasteiger partial charge in [0.1, 0.15) is 5.75 Å². The Hall–Kier alpha value is -1.35. The van der Waals surface area contributed by atoms with Crippen LogP contribution in [0.5, 0.6) is 5.75 Å². The predicted octanol–water partition coefficient (Wildman–Crippen LogP) is 3.19. The largest absolute Gasteiger partial charge is 0.508 e. The van der Waals surface area contributed by atoms with Crippen LogP contribution >= 0.6 is 11.3 Å². The van der Waals surface area contributed by atoms with Gasteiger partial charge in [-0.05, 0) is 24.1 Å². The lowest BCUT2D eigenvalue weighted by Gasteiger charge is -2.08. The fourth-order valence-corrected chi connectivity index (χ4v) is 2.23. The van der Waals surface area contributed by atoms with Gasteiger partial charge >= 0.3 is 0 Å². The van der Waals surface area contributed by atoms with Gasteiger partial charge in [-0.2, -0.15) is 0 Å². The molecule has 1 aromatic carbocycles. The molecule has 78 valence electrons. The molecule has 0 amide bonds. The van der Waals surface area contributed by atoms with Gasteiger partial charge in [0.05, 0.1) is 11.2 Å². The van der Waals surface area contributed by atoms with Gasteiger partial charge in [0.15, 0.2) is 0 Å². The Morgan fingerprint density at radius 2 is 2.07 bits per heavy atom. The van der Waals surface area contributed by atoms with Crippen LogP contribution in [0.4, 0.5) is 0 Å². The smallest absolute Gasteiger partial charge is 0.115 e. The maximum Gasteiger partial charge on any atom is 0.115 e. The van der Waals surface area contributed by atoms with Crippen LogP contribution < -0.4 is 0 Å². The molecule has 2 rings (SSSR count). The first-order valence-corrected chi connectivity index (χ1v) is 5.86. The van der Waals surface area contributed by atoms with E-state index < -0.39 is 0 Å². The highest BCUT2D eigenvalue weighted by Gasteiger charge is 2.08. The normalized spacial score (nSPS) is 12.6. The molecule has 0 unspecified atom stereocenters. The topological polar surface area (TPSA) is 33.1 Å². The van der Waals surface area contributed by atoms with E-state index in [9.17, 15) is 0 Å². The molecular formula is C12H13NOS. The molecule has 0 bridgehead atoms. The first-order valence-electron chi connectivity index (χ1n) is 4.91. The molecule has 1 aromatic heterocycles. The van der Waals surface area contributed by atoms with Crippen molar-refractivity contribution in [3.63, 3.8) is 0 Å². The highest BCUT2D eigenvalue weighted by atomic mass is 32.1. The molecule has 0 aliphatic heterocycles. The zero-order valence-electron chi connectivity index (χ0n) is 8.55. The third-order valence-electron chi connectivity index (χ3n) is 2.43. The van der Waals surface area contributed by atoms with Crippen LogP contribution in [-0.2, 0) is 6.42 Å². The second kappa shape index (κ2) is 4.45. The van der Waals surface area contributed by atoms with Gasteiger partial charge in [-0.15, -0.1) is 11.3 Å². The lowest BCUT2D eigenvalue weighted by atomic mass is 9.99. The summed E-state index contributed by atoms with van der Waals surface area (Å²) in [5, 5.41) is 11.3. The Labute approximate surface area is 93.2 Å². The second-order valence-corrected chi connectivity index (χ2v) is 4.40. The van der Waals surface area contributed by atoms with Crippen molar-refractivity contribution in [2.24, 2.45) is 0 Å². The zero-order chi connectivity index (χ0) is 10.7. The van der Waals surface area contributed by atoms with Crippen LogP contribution in [0.25, 0.3) is 0 Å². The fraction of sp³-hybridized carbons (Fsp3) is 0.250. The molecular weight excluding hydrogens is 206 g/mol. The molecule has 0 aliphatic rings. The van der Waals surface area contributed by atoms with E-state index in [1.54, 1.807) is 23.5 Å². The van der Waals surface area contributed by atoms with E-state index in [1.165, 1.54) is 5.56 Å². The molecule has 0 radical (unpaired) electrons. The van der Waals surface area contributed by atoms with E-state index in [0.29, 0.717) is 11.7 Å². The van der Waals surface area contributed by atoms with Crippen molar-refractivity contribution in [1.29, 1.82) is 0 Å². The number of hydrogen-bond acceptors (Lipinski definition) is 3. The van der Waals surface area contributed by atoms with E-state index in [-0.39, 0.29) is 0 Å². The minimum absolute atomic E-state index is 0.320. The molecule has 0 saturated heterocycles. The summed E-state index contributed by atoms with van der Waals surface area (Å²) >= 11 is 1.63. The van der Waals surface area contributed by atoms with E-state index in [2.05, 4.69) is 17.3 Å². The van der Waals surface area contributed by atoms with Crippen molar-refractivity contribution in [1.82, 2.24) is 4.98 Å². The molecule has 1 N–H and O–H groups in total. The van der Waals surface area contributed by atoms with Gasteiger partial charge in [0.2, 0.25) is 0 Å². The van der Waals surface area contributed by atoms with Crippen molar-refractivity contribution in [2.75, 3.05) is 0 Å². The zero-order valence-corrected chi connectivity index (χ0v) is 9.37. The number of hydrogen-bond donors (Lipinski definition) is 1. The van der Waals surface area contributed by atoms with Crippen LogP contribution in [0, 0.1) is 0 Å². The predicted molar refractivity (Wildman–Crippen MR) is 62.3 cm³/mol. The summed E-state index contributed by atoms with van der Waals surface area (Å²) in [5.74, 6) is 0.751. The number of phenols is 1. The maximum absolute atomic E-state index is 9.16. The van der Waals surface area contributed by atoms with Crippen LogP contribution in [-0.4, -0.2) is 10.1 Å². The Morgan fingerprint density at radius 3 is 2.67 bits per heavy atom. The molecule has 1 heterocycles. The number of rotatable bonds is 3. The Morgan fingerprint density at radius 1 is 1.33 bits per heavy atom. The first-order chi connectivity index (χ1) is 7.25. The average molecular weight is 219 g/mol. The maximum atomic E-state index is 9.16. The first kappa shape index (κ1) is 10.2. The van der Waals surface area contributed by atoms with Crippen molar-refractivity contribution < 1.29 is 5.11 Å². The van der Waals surface area contributed by atoms with Crippen molar-refractivity contribution in [3.8, 4) is 5.75 Å². The summed E-state index contributed by atoms with van der Waals surface area (Å²) in [6.07, 6.45) is 0.962. The van der Waals surface area contributed by atoms with Gasteiger partial charge in [0.25, 0.3) is 0 Å². The van der Waals surface area contributed by atoms with Crippen LogP contribution in [0.1, 0.15) is 24.1 Å². The number of benzene rings is 1. The molecule has 0 aliphatic carbocycles. The molecule has 0 saturated carbocycles. The Kier molecular flexibility index (Phi) is 3.02. The summed E-state index contributed by atoms with van der Waals surface area (Å²) in [6, 6.07) is 7.36. The molecule has 2 nitrogen and oxygen atoms in total. The van der Waals surface area contributed by atoms with Gasteiger partial charge in [0, 0.05) is 11.3 Å². The summed E-state index contributed by atoms with van der Waals surface area (Å²) in [4.78, 5) is 4.30. The molecule has 2 aromatic rings. The minimum Gasteiger partial charge on any atom is -0.508 e. The Bertz CT molecular complexity index is 408. The summed E-state index contributed by atoms with van der Waals surface area (Å²) < 4.78 is 0. The highest BCUT2D eigenvalue weighted by Crippen LogP contribution is 2.21. The standard InChI is InChI=1S/C12H13NOS/c1-9(12-7-15-8-13-12)6-10-2-4-11(14)5-3-10/h2-5,7-9,14H,6H2,1H3/t9-/m0/s1. The second-order valence-electron chi connectivity index (χ2n) is 3.68. The lowest BCUT2D eigenvalue weighted by molar-refractivity contribution is 0.475. The molecule has 0 spiro atoms. The van der Waals surface area contributed by atoms with Gasteiger partial charge < -0.3 is 5.11 Å². The van der Waals surface area contributed by atoms with Crippen molar-refractivity contribution in [3.05, 3.63) is 46.4 Å². The Balaban J connectivity index is 2.06. The molecule has 1 atom stereocenters. The number of aromatic nitrogens is 1. The van der Waals surface area contributed by atoms with E-state index in [1.807, 2.05) is 17.6 Å². The van der Waals surface area contributed by atoms with Crippen LogP contribution in [0.15, 0.2) is 35.2 Å². The highest BCUT2D eigenvalue weighted by molar-refractivity contribution is 7.07. The van der Waals surface area contributed by atoms with Crippen LogP contribution in [0.3, 0.4) is 0 Å². The number of aromatic hydroxyl groups is 1. The molecule has 3 heteroatoms. The van der Waals surface area contributed by atoms with Crippen LogP contribution in [0.2, 0.25) is 0 Å². The third kappa shape index (κ3) is 2.57. The van der Waals surface area contributed by atoms with E-state index in [0.717, 1.165) is 12.1 Å². The number of phenolic OH excluding ortho intramolecular Hbond substituents is 1. The summed E-state index contributed by atoms with van der Waals surface area (Å²) in [7, 11) is 0. The summed E-state index contributed by atoms with van der Waals surface area (Å²) in [6.45, 7) is 2.17. The van der Waals surface area contributed by atoms with Gasteiger partial charge in [-0.3, -0.25) is 0 Å². The van der Waals surface area contributed by atoms with Crippen molar-refractivity contribution >= 4 is 11.3 Å². The number of thiazole rings is 1. The lowest BCUT2D eigenvalue weighted by Crippen LogP contribution is -1.98. The fourth-order valence-electron chi connectivity index (χ4n) is 1.56. The average Bonchev–Trinajstić information content (AvgIpc) is 2.74. The third-order valence-corrected chi connectivity index (χ3v) is 3.04. The minimum atomic E-state index is 0.320. The SMILES string of the molecule is C[C@@H](Cc1ccc(O)cc1)c1cscn1. The van der Waals surface area contributed by atoms with E-state index >= 15 is 0 Å². The monoisotopic (exact) mass is 219 g/mol. The van der Waals surface area contributed by atoms with E-state index in [4.69, 9.17) is 5.11 Å². The summed E-state index contributed by atoms with van der Waals surface area (Å²) in [5.41, 5.74) is 4.24. The van der Waals surface area contributed by atoms with Gasteiger partial charge in [-0.1, -0.05) is 19.1 Å². The van der Waals surface area contributed by atoms with Gasteiger partial charge in [-0.25, -0.2) is 4.98 Å². The quantitative estimate of drug-likeness (QED) is 0.860. The van der Waals surface area contributed by atoms with Crippen molar-refractivity contribution in [2.45, 2.75) is 19.3 Å².